The molecule has 1 aromatic rings. The molecule has 20 heavy (non-hydrogen) atoms. The van der Waals surface area contributed by atoms with Crippen LogP contribution in [0.25, 0.3) is 0 Å². The lowest BCUT2D eigenvalue weighted by molar-refractivity contribution is 0.125. The Bertz CT molecular complexity index is 471. The molecule has 1 fully saturated rings. The molecule has 2 unspecified atom stereocenters. The fraction of sp³-hybridized carbons (Fsp3) is 0.647. The third-order valence-electron chi connectivity index (χ3n) is 5.11. The average Bonchev–Trinajstić information content (AvgIpc) is 2.47. The zero-order valence-corrected chi connectivity index (χ0v) is 12.8. The van der Waals surface area contributed by atoms with E-state index in [1.54, 1.807) is 0 Å². The largest absolute Gasteiger partial charge is 0.374 e. The second-order valence-electron chi connectivity index (χ2n) is 6.48. The first-order valence-electron chi connectivity index (χ1n) is 7.95. The summed E-state index contributed by atoms with van der Waals surface area (Å²) in [6.45, 7) is 3.17. The molecule has 0 radical (unpaired) electrons. The highest BCUT2D eigenvalue weighted by Crippen LogP contribution is 2.37. The van der Waals surface area contributed by atoms with Crippen LogP contribution >= 0.6 is 0 Å². The molecule has 2 aliphatic rings. The van der Waals surface area contributed by atoms with Crippen LogP contribution in [0.4, 0.5) is 5.69 Å². The van der Waals surface area contributed by atoms with Gasteiger partial charge in [0.2, 0.25) is 0 Å². The first-order chi connectivity index (χ1) is 9.70. The van der Waals surface area contributed by atoms with E-state index in [1.165, 1.54) is 55.6 Å². The standard InChI is InChI=1S/C17H27N3/c1-19-9-3-5-13-11-14(7-8-16(13)19)17-15(12-18)6-4-10-20(17)2/h7-8,11,15,17H,3-6,9-10,12,18H2,1-2H3. The Morgan fingerprint density at radius 2 is 2.05 bits per heavy atom. The molecule has 3 rings (SSSR count). The maximum Gasteiger partial charge on any atom is 0.0396 e. The first kappa shape index (κ1) is 13.9. The van der Waals surface area contributed by atoms with Gasteiger partial charge in [-0.05, 0) is 68.9 Å². The molecule has 3 nitrogen and oxygen atoms in total. The van der Waals surface area contributed by atoms with Gasteiger partial charge in [-0.3, -0.25) is 4.90 Å². The van der Waals surface area contributed by atoms with Gasteiger partial charge in [-0.15, -0.1) is 0 Å². The first-order valence-corrected chi connectivity index (χ1v) is 7.95. The lowest BCUT2D eigenvalue weighted by Crippen LogP contribution is -2.39. The molecule has 2 atom stereocenters. The molecule has 0 aromatic heterocycles. The third-order valence-corrected chi connectivity index (χ3v) is 5.11. The summed E-state index contributed by atoms with van der Waals surface area (Å²) in [6, 6.07) is 7.60. The van der Waals surface area contributed by atoms with Gasteiger partial charge in [0.1, 0.15) is 0 Å². The van der Waals surface area contributed by atoms with Crippen LogP contribution in [0.2, 0.25) is 0 Å². The van der Waals surface area contributed by atoms with E-state index in [1.807, 2.05) is 0 Å². The number of hydrogen-bond acceptors (Lipinski definition) is 3. The fourth-order valence-corrected chi connectivity index (χ4v) is 4.02. The summed E-state index contributed by atoms with van der Waals surface area (Å²) in [7, 11) is 4.45. The molecule has 0 saturated carbocycles. The Balaban J connectivity index is 1.92. The molecule has 110 valence electrons. The second kappa shape index (κ2) is 5.74. The topological polar surface area (TPSA) is 32.5 Å². The molecule has 3 heteroatoms. The maximum absolute atomic E-state index is 6.02. The average molecular weight is 273 g/mol. The Morgan fingerprint density at radius 1 is 1.20 bits per heavy atom. The van der Waals surface area contributed by atoms with E-state index in [0.717, 1.165) is 6.54 Å². The Kier molecular flexibility index (Phi) is 3.99. The minimum Gasteiger partial charge on any atom is -0.374 e. The summed E-state index contributed by atoms with van der Waals surface area (Å²) >= 11 is 0. The van der Waals surface area contributed by atoms with Crippen LogP contribution in [0.15, 0.2) is 18.2 Å². The molecule has 0 aliphatic carbocycles. The van der Waals surface area contributed by atoms with E-state index in [0.29, 0.717) is 12.0 Å². The number of rotatable bonds is 2. The van der Waals surface area contributed by atoms with Crippen molar-refractivity contribution in [3.63, 3.8) is 0 Å². The molecule has 0 spiro atoms. The molecule has 0 bridgehead atoms. The van der Waals surface area contributed by atoms with Crippen molar-refractivity contribution in [2.24, 2.45) is 11.7 Å². The summed E-state index contributed by atoms with van der Waals surface area (Å²) in [5.74, 6) is 0.605. The van der Waals surface area contributed by atoms with Gasteiger partial charge >= 0.3 is 0 Å². The number of nitrogens with zero attached hydrogens (tertiary/aromatic N) is 2. The van der Waals surface area contributed by atoms with Crippen LogP contribution in [0.1, 0.15) is 36.4 Å². The van der Waals surface area contributed by atoms with Gasteiger partial charge < -0.3 is 10.6 Å². The summed E-state index contributed by atoms with van der Waals surface area (Å²) in [5.41, 5.74) is 10.4. The second-order valence-corrected chi connectivity index (χ2v) is 6.48. The Hall–Kier alpha value is -1.06. The van der Waals surface area contributed by atoms with Crippen molar-refractivity contribution in [1.82, 2.24) is 4.90 Å². The van der Waals surface area contributed by atoms with Crippen molar-refractivity contribution in [3.8, 4) is 0 Å². The van der Waals surface area contributed by atoms with Gasteiger partial charge in [-0.2, -0.15) is 0 Å². The normalized spacial score (nSPS) is 27.4. The zero-order valence-electron chi connectivity index (χ0n) is 12.8. The lowest BCUT2D eigenvalue weighted by atomic mass is 9.84. The lowest BCUT2D eigenvalue weighted by Gasteiger charge is -2.40. The smallest absolute Gasteiger partial charge is 0.0396 e. The molecular weight excluding hydrogens is 246 g/mol. The number of aryl methyl sites for hydroxylation is 1. The molecule has 2 heterocycles. The molecule has 1 saturated heterocycles. The molecule has 2 aliphatic heterocycles. The molecule has 2 N–H and O–H groups in total. The monoisotopic (exact) mass is 273 g/mol. The van der Waals surface area contributed by atoms with Crippen LogP contribution in [0.3, 0.4) is 0 Å². The van der Waals surface area contributed by atoms with Gasteiger partial charge in [0, 0.05) is 25.3 Å². The van der Waals surface area contributed by atoms with Gasteiger partial charge in [-0.1, -0.05) is 12.1 Å². The predicted molar refractivity (Wildman–Crippen MR) is 85.2 cm³/mol. The van der Waals surface area contributed by atoms with Crippen molar-refractivity contribution in [2.45, 2.75) is 31.7 Å². The molecular formula is C17H27N3. The van der Waals surface area contributed by atoms with E-state index in [2.05, 4.69) is 42.1 Å². The highest BCUT2D eigenvalue weighted by molar-refractivity contribution is 5.56. The van der Waals surface area contributed by atoms with Crippen LogP contribution in [-0.4, -0.2) is 38.6 Å². The zero-order chi connectivity index (χ0) is 14.1. The van der Waals surface area contributed by atoms with E-state index in [9.17, 15) is 0 Å². The highest BCUT2D eigenvalue weighted by atomic mass is 15.1. The van der Waals surface area contributed by atoms with E-state index < -0.39 is 0 Å². The maximum atomic E-state index is 6.02. The quantitative estimate of drug-likeness (QED) is 0.898. The van der Waals surface area contributed by atoms with Gasteiger partial charge in [0.15, 0.2) is 0 Å². The van der Waals surface area contributed by atoms with Gasteiger partial charge in [0.05, 0.1) is 0 Å². The van der Waals surface area contributed by atoms with E-state index in [-0.39, 0.29) is 0 Å². The number of nitrogens with two attached hydrogens (primary N) is 1. The van der Waals surface area contributed by atoms with Gasteiger partial charge in [-0.25, -0.2) is 0 Å². The van der Waals surface area contributed by atoms with E-state index in [4.69, 9.17) is 5.73 Å². The van der Waals surface area contributed by atoms with Crippen LogP contribution < -0.4 is 10.6 Å². The highest BCUT2D eigenvalue weighted by Gasteiger charge is 2.30. The van der Waals surface area contributed by atoms with E-state index >= 15 is 0 Å². The summed E-state index contributed by atoms with van der Waals surface area (Å²) in [4.78, 5) is 4.88. The number of likely N-dealkylation sites (tertiary alicyclic amines) is 1. The van der Waals surface area contributed by atoms with Crippen LogP contribution in [0.5, 0.6) is 0 Å². The van der Waals surface area contributed by atoms with Gasteiger partial charge in [0.25, 0.3) is 0 Å². The fourth-order valence-electron chi connectivity index (χ4n) is 4.02. The Morgan fingerprint density at radius 3 is 2.85 bits per heavy atom. The van der Waals surface area contributed by atoms with Crippen molar-refractivity contribution in [3.05, 3.63) is 29.3 Å². The Labute approximate surface area is 122 Å². The SMILES string of the molecule is CN1CCCc2cc(C3C(CN)CCCN3C)ccc21. The van der Waals surface area contributed by atoms with Crippen LogP contribution in [0, 0.1) is 5.92 Å². The number of benzene rings is 1. The van der Waals surface area contributed by atoms with Crippen molar-refractivity contribution < 1.29 is 0 Å². The third kappa shape index (κ3) is 2.45. The van der Waals surface area contributed by atoms with Crippen molar-refractivity contribution >= 4 is 5.69 Å². The summed E-state index contributed by atoms with van der Waals surface area (Å²) in [6.07, 6.45) is 5.04. The van der Waals surface area contributed by atoms with Crippen LogP contribution in [-0.2, 0) is 6.42 Å². The minimum absolute atomic E-state index is 0.506. The minimum atomic E-state index is 0.506. The van der Waals surface area contributed by atoms with Crippen molar-refractivity contribution in [2.75, 3.05) is 38.6 Å². The summed E-state index contributed by atoms with van der Waals surface area (Å²) in [5, 5.41) is 0. The summed E-state index contributed by atoms with van der Waals surface area (Å²) < 4.78 is 0. The predicted octanol–water partition coefficient (Wildman–Crippen LogP) is 2.41. The number of fused-ring (bicyclic) bond motifs is 1. The molecule has 0 amide bonds. The van der Waals surface area contributed by atoms with Crippen molar-refractivity contribution in [1.29, 1.82) is 0 Å². The number of hydrogen-bond donors (Lipinski definition) is 1. The molecule has 1 aromatic carbocycles. The number of anilines is 1. The number of piperidine rings is 1.